The number of aliphatic hydroxyl groups is 2. The van der Waals surface area contributed by atoms with Gasteiger partial charge in [0.15, 0.2) is 6.10 Å². The van der Waals surface area contributed by atoms with Gasteiger partial charge in [0.1, 0.15) is 0 Å². The van der Waals surface area contributed by atoms with Crippen LogP contribution in [0.2, 0.25) is 0 Å². The Labute approximate surface area is 139 Å². The molecule has 0 rings (SSSR count). The van der Waals surface area contributed by atoms with E-state index in [1.807, 2.05) is 0 Å². The third-order valence-electron chi connectivity index (χ3n) is 3.35. The molecule has 0 aliphatic carbocycles. The predicted octanol–water partition coefficient (Wildman–Crippen LogP) is 2.07. The summed E-state index contributed by atoms with van der Waals surface area (Å²) >= 11 is 0. The van der Waals surface area contributed by atoms with E-state index in [2.05, 4.69) is 15.3 Å². The lowest BCUT2D eigenvalue weighted by Gasteiger charge is -2.08. The van der Waals surface area contributed by atoms with Crippen LogP contribution in [0.5, 0.6) is 0 Å². The third-order valence-corrected chi connectivity index (χ3v) is 4.18. The van der Waals surface area contributed by atoms with Gasteiger partial charge >= 0.3 is 16.4 Å². The van der Waals surface area contributed by atoms with Gasteiger partial charge < -0.3 is 14.4 Å². The van der Waals surface area contributed by atoms with Crippen LogP contribution in [-0.4, -0.2) is 43.9 Å². The summed E-state index contributed by atoms with van der Waals surface area (Å²) in [6.45, 7) is 1.21. The summed E-state index contributed by atoms with van der Waals surface area (Å²) in [5.74, 6) is -1.45. The van der Waals surface area contributed by atoms with Gasteiger partial charge in [-0.1, -0.05) is 64.7 Å². The first kappa shape index (κ1) is 22.3. The van der Waals surface area contributed by atoms with Gasteiger partial charge in [-0.2, -0.15) is 8.42 Å². The van der Waals surface area contributed by atoms with Crippen LogP contribution < -0.4 is 0 Å². The summed E-state index contributed by atoms with van der Waals surface area (Å²) in [5.41, 5.74) is 0. The van der Waals surface area contributed by atoms with Crippen molar-refractivity contribution in [3.8, 4) is 0 Å². The Bertz CT molecular complexity index is 395. The van der Waals surface area contributed by atoms with E-state index in [-0.39, 0.29) is 6.61 Å². The molecule has 0 saturated carbocycles. The fraction of sp³-hybridized carbons (Fsp3) is 0.933. The van der Waals surface area contributed by atoms with Gasteiger partial charge in [-0.3, -0.25) is 0 Å². The quantitative estimate of drug-likeness (QED) is 0.433. The Morgan fingerprint density at radius 1 is 0.957 bits per heavy atom. The lowest BCUT2D eigenvalue weighted by atomic mass is 10.1. The van der Waals surface area contributed by atoms with E-state index in [9.17, 15) is 13.2 Å². The number of carbonyl (C=O) groups excluding carboxylic acids is 1. The minimum Gasteiger partial charge on any atom is -0.393 e. The van der Waals surface area contributed by atoms with E-state index in [1.54, 1.807) is 0 Å². The van der Waals surface area contributed by atoms with E-state index in [0.29, 0.717) is 6.42 Å². The van der Waals surface area contributed by atoms with Gasteiger partial charge in [-0.05, 0) is 6.42 Å². The standard InChI is InChI=1S/C15H30O7S/c1-2-3-4-5-6-7-8-9-10-11-12-21-23(19,20)22-15(18)14(17)13-16/h14,16-17H,2-13H2,1H3. The second-order valence-corrected chi connectivity index (χ2v) is 6.73. The monoisotopic (exact) mass is 354 g/mol. The minimum atomic E-state index is -4.47. The molecule has 0 aliphatic rings. The number of unbranched alkanes of at least 4 members (excludes halogenated alkanes) is 9. The van der Waals surface area contributed by atoms with Crippen molar-refractivity contribution in [3.05, 3.63) is 0 Å². The molecule has 23 heavy (non-hydrogen) atoms. The maximum atomic E-state index is 11.3. The van der Waals surface area contributed by atoms with E-state index >= 15 is 0 Å². The minimum absolute atomic E-state index is 0.0681. The summed E-state index contributed by atoms with van der Waals surface area (Å²) < 4.78 is 31.0. The molecule has 0 aromatic heterocycles. The average Bonchev–Trinajstić information content (AvgIpc) is 2.51. The number of carbonyl (C=O) groups is 1. The first-order valence-corrected chi connectivity index (χ1v) is 9.68. The molecule has 0 radical (unpaired) electrons. The number of aliphatic hydroxyl groups excluding tert-OH is 2. The van der Waals surface area contributed by atoms with Crippen molar-refractivity contribution in [2.45, 2.75) is 77.2 Å². The molecule has 0 bridgehead atoms. The first-order chi connectivity index (χ1) is 10.9. The number of hydrogen-bond acceptors (Lipinski definition) is 7. The molecule has 8 heteroatoms. The van der Waals surface area contributed by atoms with Crippen LogP contribution in [0.4, 0.5) is 0 Å². The van der Waals surface area contributed by atoms with Crippen molar-refractivity contribution in [3.63, 3.8) is 0 Å². The molecule has 138 valence electrons. The molecule has 0 spiro atoms. The fourth-order valence-corrected chi connectivity index (χ4v) is 2.69. The maximum absolute atomic E-state index is 11.3. The van der Waals surface area contributed by atoms with Gasteiger partial charge in [0, 0.05) is 0 Å². The van der Waals surface area contributed by atoms with Crippen molar-refractivity contribution in [2.75, 3.05) is 13.2 Å². The highest BCUT2D eigenvalue weighted by molar-refractivity contribution is 7.82. The zero-order valence-electron chi connectivity index (χ0n) is 13.9. The van der Waals surface area contributed by atoms with E-state index in [0.717, 1.165) is 19.3 Å². The summed E-state index contributed by atoms with van der Waals surface area (Å²) in [7, 11) is -4.47. The molecule has 0 saturated heterocycles. The summed E-state index contributed by atoms with van der Waals surface area (Å²) in [4.78, 5) is 11.0. The van der Waals surface area contributed by atoms with Gasteiger partial charge in [0.25, 0.3) is 0 Å². The Morgan fingerprint density at radius 2 is 1.43 bits per heavy atom. The van der Waals surface area contributed by atoms with Crippen molar-refractivity contribution in [2.24, 2.45) is 0 Å². The molecule has 1 atom stereocenters. The Kier molecular flexibility index (Phi) is 13.3. The Hall–Kier alpha value is -0.700. The molecule has 0 aromatic rings. The summed E-state index contributed by atoms with van der Waals surface area (Å²) in [6.07, 6.45) is 9.21. The van der Waals surface area contributed by atoms with E-state index in [1.165, 1.54) is 38.5 Å². The molecular formula is C15H30O7S. The van der Waals surface area contributed by atoms with Crippen LogP contribution in [0.1, 0.15) is 71.1 Å². The normalized spacial score (nSPS) is 13.0. The molecule has 0 amide bonds. The van der Waals surface area contributed by atoms with Gasteiger partial charge in [-0.15, -0.1) is 0 Å². The van der Waals surface area contributed by atoms with Crippen molar-refractivity contribution in [1.29, 1.82) is 0 Å². The fourth-order valence-electron chi connectivity index (χ4n) is 2.01. The van der Waals surface area contributed by atoms with Crippen LogP contribution >= 0.6 is 0 Å². The Morgan fingerprint density at radius 3 is 1.91 bits per heavy atom. The zero-order chi connectivity index (χ0) is 17.6. The number of hydrogen-bond donors (Lipinski definition) is 2. The highest BCUT2D eigenvalue weighted by Crippen LogP contribution is 2.11. The second-order valence-electron chi connectivity index (χ2n) is 5.51. The van der Waals surface area contributed by atoms with Crippen LogP contribution in [-0.2, 0) is 23.6 Å². The zero-order valence-corrected chi connectivity index (χ0v) is 14.7. The lowest BCUT2D eigenvalue weighted by Crippen LogP contribution is -2.29. The molecule has 2 N–H and O–H groups in total. The third kappa shape index (κ3) is 13.4. The van der Waals surface area contributed by atoms with Gasteiger partial charge in [0.05, 0.1) is 13.2 Å². The van der Waals surface area contributed by atoms with Gasteiger partial charge in [-0.25, -0.2) is 8.98 Å². The van der Waals surface area contributed by atoms with Crippen LogP contribution in [0.3, 0.4) is 0 Å². The molecule has 0 aliphatic heterocycles. The van der Waals surface area contributed by atoms with Crippen LogP contribution in [0.25, 0.3) is 0 Å². The van der Waals surface area contributed by atoms with Crippen molar-refractivity contribution in [1.82, 2.24) is 0 Å². The Balaban J connectivity index is 3.54. The molecule has 1 unspecified atom stereocenters. The highest BCUT2D eigenvalue weighted by Gasteiger charge is 2.23. The smallest absolute Gasteiger partial charge is 0.393 e. The second kappa shape index (κ2) is 13.7. The molecule has 0 aromatic carbocycles. The molecule has 0 fully saturated rings. The molecular weight excluding hydrogens is 324 g/mol. The average molecular weight is 354 g/mol. The maximum Gasteiger partial charge on any atom is 0.451 e. The van der Waals surface area contributed by atoms with E-state index < -0.39 is 29.1 Å². The highest BCUT2D eigenvalue weighted by atomic mass is 32.3. The van der Waals surface area contributed by atoms with Crippen LogP contribution in [0.15, 0.2) is 0 Å². The number of rotatable bonds is 15. The molecule has 7 nitrogen and oxygen atoms in total. The topological polar surface area (TPSA) is 110 Å². The van der Waals surface area contributed by atoms with E-state index in [4.69, 9.17) is 10.2 Å². The van der Waals surface area contributed by atoms with Crippen molar-refractivity contribution < 1.29 is 31.8 Å². The lowest BCUT2D eigenvalue weighted by molar-refractivity contribution is -0.145. The SMILES string of the molecule is CCCCCCCCCCCCOS(=O)(=O)OC(=O)C(O)CO. The predicted molar refractivity (Wildman–Crippen MR) is 85.9 cm³/mol. The molecule has 0 heterocycles. The summed E-state index contributed by atoms with van der Waals surface area (Å²) in [5, 5.41) is 17.4. The summed E-state index contributed by atoms with van der Waals surface area (Å²) in [6, 6.07) is 0. The van der Waals surface area contributed by atoms with Crippen molar-refractivity contribution >= 4 is 16.4 Å². The first-order valence-electron chi connectivity index (χ1n) is 8.34. The van der Waals surface area contributed by atoms with Gasteiger partial charge in [0.2, 0.25) is 0 Å². The van der Waals surface area contributed by atoms with Crippen LogP contribution in [0, 0.1) is 0 Å². The largest absolute Gasteiger partial charge is 0.451 e.